The molecule has 162 valence electrons. The van der Waals surface area contributed by atoms with Crippen LogP contribution in [-0.2, 0) is 11.8 Å². The molecule has 1 aromatic carbocycles. The molecule has 0 saturated carbocycles. The number of ether oxygens (including phenoxy) is 3. The quantitative estimate of drug-likeness (QED) is 0.620. The number of para-hydroxylation sites is 1. The Balaban J connectivity index is 1.64. The Labute approximate surface area is 176 Å². The summed E-state index contributed by atoms with van der Waals surface area (Å²) in [5.74, 6) is -1.60. The van der Waals surface area contributed by atoms with Crippen molar-refractivity contribution in [1.82, 2.24) is 14.8 Å². The first-order valence-corrected chi connectivity index (χ1v) is 9.63. The highest BCUT2D eigenvalue weighted by Crippen LogP contribution is 2.34. The summed E-state index contributed by atoms with van der Waals surface area (Å²) >= 11 is 0. The van der Waals surface area contributed by atoms with Gasteiger partial charge in [-0.3, -0.25) is 9.48 Å². The third-order valence-corrected chi connectivity index (χ3v) is 4.62. The minimum absolute atomic E-state index is 0.0213. The number of halogens is 2. The number of amides is 1. The van der Waals surface area contributed by atoms with Crippen molar-refractivity contribution in [3.8, 4) is 22.9 Å². The highest BCUT2D eigenvalue weighted by molar-refractivity contribution is 6.03. The van der Waals surface area contributed by atoms with Crippen LogP contribution >= 0.6 is 0 Å². The lowest BCUT2D eigenvalue weighted by Gasteiger charge is -2.27. The number of aryl methyl sites for hydroxylation is 1. The first-order valence-electron chi connectivity index (χ1n) is 9.63. The van der Waals surface area contributed by atoms with Gasteiger partial charge in [0.1, 0.15) is 29.2 Å². The zero-order valence-electron chi connectivity index (χ0n) is 16.9. The van der Waals surface area contributed by atoms with Crippen LogP contribution in [0.1, 0.15) is 17.4 Å². The van der Waals surface area contributed by atoms with E-state index in [2.05, 4.69) is 15.4 Å². The van der Waals surface area contributed by atoms with Crippen LogP contribution in [0.5, 0.6) is 11.6 Å². The van der Waals surface area contributed by atoms with Crippen LogP contribution in [-0.4, -0.2) is 46.6 Å². The summed E-state index contributed by atoms with van der Waals surface area (Å²) in [5.41, 5.74) is 0.565. The Kier molecular flexibility index (Phi) is 5.81. The molecule has 31 heavy (non-hydrogen) atoms. The van der Waals surface area contributed by atoms with E-state index >= 15 is 0 Å². The van der Waals surface area contributed by atoms with Crippen molar-refractivity contribution < 1.29 is 27.8 Å². The molecule has 0 radical (unpaired) electrons. The smallest absolute Gasteiger partial charge is 0.276 e. The lowest BCUT2D eigenvalue weighted by atomic mass is 10.1. The summed E-state index contributed by atoms with van der Waals surface area (Å²) < 4.78 is 45.8. The number of nitrogens with zero attached hydrogens (tertiary/aromatic N) is 3. The maximum absolute atomic E-state index is 13.9. The Hall–Kier alpha value is -3.53. The minimum Gasteiger partial charge on any atom is -0.485 e. The van der Waals surface area contributed by atoms with Crippen molar-refractivity contribution in [1.29, 1.82) is 0 Å². The molecule has 10 heteroatoms. The molecule has 4 rings (SSSR count). The van der Waals surface area contributed by atoms with Gasteiger partial charge in [0.15, 0.2) is 5.69 Å². The molecular formula is C21H20F2N4O4. The number of rotatable bonds is 7. The third kappa shape index (κ3) is 4.33. The maximum Gasteiger partial charge on any atom is 0.276 e. The summed E-state index contributed by atoms with van der Waals surface area (Å²) in [6, 6.07) is 6.49. The van der Waals surface area contributed by atoms with Gasteiger partial charge in [0.2, 0.25) is 5.88 Å². The molecule has 0 atom stereocenters. The maximum atomic E-state index is 13.9. The highest BCUT2D eigenvalue weighted by Gasteiger charge is 2.24. The van der Waals surface area contributed by atoms with Gasteiger partial charge < -0.3 is 19.5 Å². The van der Waals surface area contributed by atoms with Crippen LogP contribution in [0.2, 0.25) is 0 Å². The molecule has 0 bridgehead atoms. The number of pyridine rings is 1. The second-order valence-electron chi connectivity index (χ2n) is 6.82. The van der Waals surface area contributed by atoms with Gasteiger partial charge in [-0.1, -0.05) is 6.07 Å². The van der Waals surface area contributed by atoms with E-state index in [4.69, 9.17) is 14.2 Å². The van der Waals surface area contributed by atoms with E-state index < -0.39 is 23.2 Å². The van der Waals surface area contributed by atoms with Gasteiger partial charge in [0.25, 0.3) is 5.91 Å². The first-order chi connectivity index (χ1) is 15.0. The molecule has 1 aliphatic heterocycles. The summed E-state index contributed by atoms with van der Waals surface area (Å²) in [5, 5.41) is 6.41. The molecule has 1 fully saturated rings. The Morgan fingerprint density at radius 2 is 2.03 bits per heavy atom. The van der Waals surface area contributed by atoms with E-state index in [1.54, 1.807) is 19.3 Å². The number of hydrogen-bond donors (Lipinski definition) is 1. The van der Waals surface area contributed by atoms with Crippen LogP contribution in [0.4, 0.5) is 14.5 Å². The average Bonchev–Trinajstić information content (AvgIpc) is 3.09. The average molecular weight is 430 g/mol. The molecule has 0 spiro atoms. The van der Waals surface area contributed by atoms with Crippen molar-refractivity contribution in [2.24, 2.45) is 7.05 Å². The zero-order chi connectivity index (χ0) is 22.0. The molecular weight excluding hydrogens is 410 g/mol. The van der Waals surface area contributed by atoms with Gasteiger partial charge in [-0.05, 0) is 25.1 Å². The molecule has 3 aromatic rings. The summed E-state index contributed by atoms with van der Waals surface area (Å²) in [6.07, 6.45) is 1.46. The van der Waals surface area contributed by atoms with Crippen LogP contribution in [0, 0.1) is 11.6 Å². The fraction of sp³-hybridized carbons (Fsp3) is 0.286. The predicted octanol–water partition coefficient (Wildman–Crippen LogP) is 3.19. The predicted molar refractivity (Wildman–Crippen MR) is 107 cm³/mol. The van der Waals surface area contributed by atoms with Gasteiger partial charge in [-0.2, -0.15) is 5.10 Å². The Bertz CT molecular complexity index is 1090. The number of aromatic nitrogens is 3. The van der Waals surface area contributed by atoms with Crippen molar-refractivity contribution in [2.45, 2.75) is 13.0 Å². The van der Waals surface area contributed by atoms with Crippen LogP contribution < -0.4 is 14.8 Å². The standard InChI is InChI=1S/C21H20F2N4O4/c1-3-30-19-8-18(31-12-10-29-11-12)13(9-24-19)17-7-16(26-27(17)2)21(28)25-20-14(22)5-4-6-15(20)23/h4-9,12H,3,10-11H2,1-2H3,(H,25,28). The van der Waals surface area contributed by atoms with Crippen molar-refractivity contribution in [3.05, 3.63) is 53.9 Å². The number of anilines is 1. The third-order valence-electron chi connectivity index (χ3n) is 4.62. The number of benzene rings is 1. The number of nitrogens with one attached hydrogen (secondary N) is 1. The van der Waals surface area contributed by atoms with Gasteiger partial charge in [0, 0.05) is 19.3 Å². The van der Waals surface area contributed by atoms with Gasteiger partial charge in [-0.25, -0.2) is 13.8 Å². The SMILES string of the molecule is CCOc1cc(OC2COC2)c(-c2cc(C(=O)Nc3c(F)cccc3F)nn2C)cn1. The second-order valence-corrected chi connectivity index (χ2v) is 6.82. The summed E-state index contributed by atoms with van der Waals surface area (Å²) in [6.45, 7) is 3.24. The zero-order valence-corrected chi connectivity index (χ0v) is 16.9. The molecule has 0 aliphatic carbocycles. The highest BCUT2D eigenvalue weighted by atomic mass is 19.1. The fourth-order valence-corrected chi connectivity index (χ4v) is 3.02. The summed E-state index contributed by atoms with van der Waals surface area (Å²) in [4.78, 5) is 16.8. The van der Waals surface area contributed by atoms with Gasteiger partial charge >= 0.3 is 0 Å². The molecule has 1 N–H and O–H groups in total. The molecule has 1 saturated heterocycles. The molecule has 3 heterocycles. The Morgan fingerprint density at radius 1 is 1.29 bits per heavy atom. The molecule has 8 nitrogen and oxygen atoms in total. The normalized spacial score (nSPS) is 13.5. The Morgan fingerprint density at radius 3 is 2.68 bits per heavy atom. The number of carbonyl (C=O) groups excluding carboxylic acids is 1. The van der Waals surface area contributed by atoms with E-state index in [0.717, 1.165) is 12.1 Å². The van der Waals surface area contributed by atoms with E-state index in [9.17, 15) is 13.6 Å². The lowest BCUT2D eigenvalue weighted by molar-refractivity contribution is -0.0795. The second kappa shape index (κ2) is 8.68. The molecule has 2 aromatic heterocycles. The van der Waals surface area contributed by atoms with Crippen LogP contribution in [0.3, 0.4) is 0 Å². The van der Waals surface area contributed by atoms with E-state index in [0.29, 0.717) is 42.7 Å². The van der Waals surface area contributed by atoms with Crippen molar-refractivity contribution in [3.63, 3.8) is 0 Å². The molecule has 1 aliphatic rings. The fourth-order valence-electron chi connectivity index (χ4n) is 3.02. The first kappa shape index (κ1) is 20.7. The van der Waals surface area contributed by atoms with Crippen LogP contribution in [0.15, 0.2) is 36.5 Å². The van der Waals surface area contributed by atoms with Gasteiger partial charge in [-0.15, -0.1) is 0 Å². The van der Waals surface area contributed by atoms with Gasteiger partial charge in [0.05, 0.1) is 31.1 Å². The largest absolute Gasteiger partial charge is 0.485 e. The number of hydrogen-bond acceptors (Lipinski definition) is 6. The van der Waals surface area contributed by atoms with E-state index in [1.165, 1.54) is 16.8 Å². The summed E-state index contributed by atoms with van der Waals surface area (Å²) in [7, 11) is 1.64. The monoisotopic (exact) mass is 430 g/mol. The van der Waals surface area contributed by atoms with Crippen molar-refractivity contribution in [2.75, 3.05) is 25.1 Å². The van der Waals surface area contributed by atoms with Crippen molar-refractivity contribution >= 4 is 11.6 Å². The molecule has 0 unspecified atom stereocenters. The molecule has 1 amide bonds. The minimum atomic E-state index is -0.876. The lowest BCUT2D eigenvalue weighted by Crippen LogP contribution is -2.38. The van der Waals surface area contributed by atoms with E-state index in [-0.39, 0.29) is 11.8 Å². The van der Waals surface area contributed by atoms with E-state index in [1.807, 2.05) is 6.92 Å². The number of carbonyl (C=O) groups is 1. The van der Waals surface area contributed by atoms with Crippen LogP contribution in [0.25, 0.3) is 11.3 Å². The topological polar surface area (TPSA) is 87.5 Å².